The molecule has 1 aromatic heterocycles. The van der Waals surface area contributed by atoms with Gasteiger partial charge in [-0.2, -0.15) is 5.10 Å². The third-order valence-electron chi connectivity index (χ3n) is 4.55. The first-order chi connectivity index (χ1) is 15.8. The number of rotatable bonds is 9. The molecular weight excluding hydrogens is 448 g/mol. The van der Waals surface area contributed by atoms with Gasteiger partial charge in [0.1, 0.15) is 12.3 Å². The molecule has 0 bridgehead atoms. The van der Waals surface area contributed by atoms with Gasteiger partial charge in [0, 0.05) is 29.6 Å². The lowest BCUT2D eigenvalue weighted by Crippen LogP contribution is -2.28. The highest BCUT2D eigenvalue weighted by Crippen LogP contribution is 2.21. The van der Waals surface area contributed by atoms with E-state index in [4.69, 9.17) is 21.1 Å². The predicted molar refractivity (Wildman–Crippen MR) is 122 cm³/mol. The molecule has 0 aliphatic heterocycles. The first kappa shape index (κ1) is 23.8. The first-order valence-corrected chi connectivity index (χ1v) is 10.4. The fourth-order valence-corrected chi connectivity index (χ4v) is 3.24. The minimum absolute atomic E-state index is 0.0168. The number of carbonyl (C=O) groups excluding carboxylic acids is 3. The van der Waals surface area contributed by atoms with Crippen molar-refractivity contribution in [1.82, 2.24) is 15.1 Å². The van der Waals surface area contributed by atoms with Gasteiger partial charge in [-0.3, -0.25) is 14.3 Å². The fraction of sp³-hybridized carbons (Fsp3) is 0.217. The van der Waals surface area contributed by atoms with Crippen LogP contribution in [-0.4, -0.2) is 41.3 Å². The predicted octanol–water partition coefficient (Wildman–Crippen LogP) is 2.97. The molecule has 2 amide bonds. The minimum atomic E-state index is -0.563. The maximum Gasteiger partial charge on any atom is 0.337 e. The first-order valence-electron chi connectivity index (χ1n) is 9.99. The topological polar surface area (TPSA) is 112 Å². The molecule has 0 unspecified atom stereocenters. The van der Waals surface area contributed by atoms with Gasteiger partial charge >= 0.3 is 5.97 Å². The second-order valence-corrected chi connectivity index (χ2v) is 7.57. The SMILES string of the molecule is COC(=O)c1cc(CNC(=O)COc2ccc(Cl)cc2C)cc(NC(=O)Cn2cccn2)c1. The highest BCUT2D eigenvalue weighted by atomic mass is 35.5. The van der Waals surface area contributed by atoms with E-state index in [0.717, 1.165) is 5.56 Å². The summed E-state index contributed by atoms with van der Waals surface area (Å²) in [6, 6.07) is 11.6. The summed E-state index contributed by atoms with van der Waals surface area (Å²) in [6.07, 6.45) is 3.24. The number of amides is 2. The normalized spacial score (nSPS) is 10.4. The van der Waals surface area contributed by atoms with Gasteiger partial charge in [-0.15, -0.1) is 0 Å². The maximum atomic E-state index is 12.3. The molecule has 0 aliphatic rings. The Bertz CT molecular complexity index is 1150. The molecule has 2 N–H and O–H groups in total. The standard InChI is InChI=1S/C23H23ClN4O5/c1-15-8-18(24)4-5-20(15)33-14-22(30)25-12-16-9-17(23(31)32-2)11-19(10-16)27-21(29)13-28-7-3-6-26-28/h3-11H,12-14H2,1-2H3,(H,25,30)(H,27,29). The van der Waals surface area contributed by atoms with E-state index >= 15 is 0 Å². The summed E-state index contributed by atoms with van der Waals surface area (Å²) in [5.74, 6) is -0.670. The van der Waals surface area contributed by atoms with E-state index in [9.17, 15) is 14.4 Å². The molecule has 0 radical (unpaired) electrons. The number of anilines is 1. The minimum Gasteiger partial charge on any atom is -0.484 e. The number of carbonyl (C=O) groups is 3. The van der Waals surface area contributed by atoms with Crippen molar-refractivity contribution in [3.63, 3.8) is 0 Å². The third kappa shape index (κ3) is 7.08. The molecule has 3 rings (SSSR count). The van der Waals surface area contributed by atoms with Crippen LogP contribution in [0.2, 0.25) is 5.02 Å². The molecular formula is C23H23ClN4O5. The molecule has 0 saturated carbocycles. The van der Waals surface area contributed by atoms with Gasteiger partial charge in [0.05, 0.1) is 12.7 Å². The number of halogens is 1. The van der Waals surface area contributed by atoms with Gasteiger partial charge in [-0.25, -0.2) is 4.79 Å². The average Bonchev–Trinajstić information content (AvgIpc) is 3.29. The van der Waals surface area contributed by atoms with E-state index < -0.39 is 5.97 Å². The number of aromatic nitrogens is 2. The summed E-state index contributed by atoms with van der Waals surface area (Å²) in [7, 11) is 1.27. The van der Waals surface area contributed by atoms with Crippen molar-refractivity contribution in [2.45, 2.75) is 20.0 Å². The van der Waals surface area contributed by atoms with Gasteiger partial charge in [-0.1, -0.05) is 11.6 Å². The van der Waals surface area contributed by atoms with Crippen LogP contribution in [0.1, 0.15) is 21.5 Å². The van der Waals surface area contributed by atoms with Crippen LogP contribution in [0.25, 0.3) is 0 Å². The van der Waals surface area contributed by atoms with E-state index in [0.29, 0.717) is 22.0 Å². The number of aryl methyl sites for hydroxylation is 1. The number of nitrogens with one attached hydrogen (secondary N) is 2. The number of benzene rings is 2. The van der Waals surface area contributed by atoms with Crippen molar-refractivity contribution < 1.29 is 23.9 Å². The molecule has 172 valence electrons. The zero-order chi connectivity index (χ0) is 23.8. The Kier molecular flexibility index (Phi) is 8.04. The molecule has 0 spiro atoms. The Morgan fingerprint density at radius 3 is 2.64 bits per heavy atom. The van der Waals surface area contributed by atoms with Gasteiger partial charge in [0.2, 0.25) is 5.91 Å². The summed E-state index contributed by atoms with van der Waals surface area (Å²) in [5, 5.41) is 10.0. The number of hydrogen-bond donors (Lipinski definition) is 2. The Morgan fingerprint density at radius 1 is 1.12 bits per heavy atom. The highest BCUT2D eigenvalue weighted by molar-refractivity contribution is 6.30. The average molecular weight is 471 g/mol. The van der Waals surface area contributed by atoms with Crippen LogP contribution >= 0.6 is 11.6 Å². The number of nitrogens with zero attached hydrogens (tertiary/aromatic N) is 2. The molecule has 10 heteroatoms. The van der Waals surface area contributed by atoms with Crippen molar-refractivity contribution in [2.75, 3.05) is 19.0 Å². The molecule has 0 fully saturated rings. The summed E-state index contributed by atoms with van der Waals surface area (Å²) in [6.45, 7) is 1.78. The summed E-state index contributed by atoms with van der Waals surface area (Å²) >= 11 is 5.92. The lowest BCUT2D eigenvalue weighted by molar-refractivity contribution is -0.123. The second-order valence-electron chi connectivity index (χ2n) is 7.14. The Balaban J connectivity index is 1.63. The van der Waals surface area contributed by atoms with Crippen LogP contribution in [0.3, 0.4) is 0 Å². The quantitative estimate of drug-likeness (QED) is 0.465. The number of ether oxygens (including phenoxy) is 2. The van der Waals surface area contributed by atoms with Crippen LogP contribution in [0.15, 0.2) is 54.9 Å². The summed E-state index contributed by atoms with van der Waals surface area (Å²) < 4.78 is 11.8. The molecule has 1 heterocycles. The Morgan fingerprint density at radius 2 is 1.94 bits per heavy atom. The van der Waals surface area contributed by atoms with Crippen LogP contribution in [-0.2, 0) is 27.4 Å². The van der Waals surface area contributed by atoms with E-state index in [-0.39, 0.29) is 37.1 Å². The number of hydrogen-bond acceptors (Lipinski definition) is 6. The summed E-state index contributed by atoms with van der Waals surface area (Å²) in [4.78, 5) is 36.6. The number of esters is 1. The van der Waals surface area contributed by atoms with Crippen molar-refractivity contribution in [2.24, 2.45) is 0 Å². The van der Waals surface area contributed by atoms with Crippen LogP contribution in [0.5, 0.6) is 5.75 Å². The van der Waals surface area contributed by atoms with Crippen LogP contribution in [0, 0.1) is 6.92 Å². The lowest BCUT2D eigenvalue weighted by Gasteiger charge is -2.12. The van der Waals surface area contributed by atoms with E-state index in [2.05, 4.69) is 15.7 Å². The second kappa shape index (κ2) is 11.1. The summed E-state index contributed by atoms with van der Waals surface area (Å²) in [5.41, 5.74) is 2.05. The third-order valence-corrected chi connectivity index (χ3v) is 4.78. The smallest absolute Gasteiger partial charge is 0.337 e. The van der Waals surface area contributed by atoms with E-state index in [1.807, 2.05) is 6.92 Å². The molecule has 3 aromatic rings. The monoisotopic (exact) mass is 470 g/mol. The molecule has 2 aromatic carbocycles. The van der Waals surface area contributed by atoms with Gasteiger partial charge < -0.3 is 20.1 Å². The maximum absolute atomic E-state index is 12.3. The van der Waals surface area contributed by atoms with E-state index in [1.165, 1.54) is 17.9 Å². The van der Waals surface area contributed by atoms with Crippen molar-refractivity contribution in [3.8, 4) is 5.75 Å². The van der Waals surface area contributed by atoms with Gasteiger partial charge in [0.15, 0.2) is 6.61 Å². The Labute approximate surface area is 195 Å². The Hall–Kier alpha value is -3.85. The fourth-order valence-electron chi connectivity index (χ4n) is 3.01. The molecule has 0 aliphatic carbocycles. The zero-order valence-electron chi connectivity index (χ0n) is 18.1. The zero-order valence-corrected chi connectivity index (χ0v) is 18.9. The van der Waals surface area contributed by atoms with Gasteiger partial charge in [-0.05, 0) is 60.5 Å². The van der Waals surface area contributed by atoms with Crippen LogP contribution in [0.4, 0.5) is 5.69 Å². The van der Waals surface area contributed by atoms with Crippen molar-refractivity contribution >= 4 is 35.1 Å². The van der Waals surface area contributed by atoms with Crippen molar-refractivity contribution in [3.05, 3.63) is 76.6 Å². The number of methoxy groups -OCH3 is 1. The molecule has 9 nitrogen and oxygen atoms in total. The van der Waals surface area contributed by atoms with Crippen LogP contribution < -0.4 is 15.4 Å². The largest absolute Gasteiger partial charge is 0.484 e. The molecule has 0 atom stereocenters. The molecule has 33 heavy (non-hydrogen) atoms. The van der Waals surface area contributed by atoms with Crippen molar-refractivity contribution in [1.29, 1.82) is 0 Å². The highest BCUT2D eigenvalue weighted by Gasteiger charge is 2.12. The van der Waals surface area contributed by atoms with E-state index in [1.54, 1.807) is 48.8 Å². The van der Waals surface area contributed by atoms with Gasteiger partial charge in [0.25, 0.3) is 5.91 Å². The lowest BCUT2D eigenvalue weighted by atomic mass is 10.1. The molecule has 0 saturated heterocycles.